The molecule has 0 radical (unpaired) electrons. The first-order valence-corrected chi connectivity index (χ1v) is 22.8. The number of pyridine rings is 1. The zero-order valence-corrected chi connectivity index (χ0v) is 38.6. The van der Waals surface area contributed by atoms with Gasteiger partial charge in [-0.25, -0.2) is 4.98 Å². The molecule has 8 rings (SSSR count). The van der Waals surface area contributed by atoms with Crippen LogP contribution < -0.4 is 32.7 Å². The number of aromatic nitrogens is 1. The van der Waals surface area contributed by atoms with E-state index in [1.165, 1.54) is 0 Å². The van der Waals surface area contributed by atoms with Crippen molar-refractivity contribution in [1.29, 1.82) is 5.41 Å². The number of rotatable bonds is 16. The predicted octanol–water partition coefficient (Wildman–Crippen LogP) is 5.50. The molecule has 0 saturated carbocycles. The molecule has 5 aromatic carbocycles. The van der Waals surface area contributed by atoms with Gasteiger partial charge in [-0.2, -0.15) is 0 Å². The smallest absolute Gasteiger partial charge is 0.305 e. The molecule has 11 N–H and O–H groups in total. The van der Waals surface area contributed by atoms with Gasteiger partial charge in [0, 0.05) is 59.9 Å². The first-order chi connectivity index (χ1) is 34.2. The fourth-order valence-corrected chi connectivity index (χ4v) is 8.15. The van der Waals surface area contributed by atoms with Crippen LogP contribution in [0.4, 0.5) is 22.9 Å². The summed E-state index contributed by atoms with van der Waals surface area (Å²) in [6.45, 7) is 1.58. The van der Waals surface area contributed by atoms with E-state index in [2.05, 4.69) is 26.3 Å². The van der Waals surface area contributed by atoms with E-state index < -0.39 is 24.0 Å². The van der Waals surface area contributed by atoms with Crippen LogP contribution in [0.1, 0.15) is 67.1 Å². The number of carboxylic acid groups (broad SMARTS) is 2. The van der Waals surface area contributed by atoms with Gasteiger partial charge in [-0.1, -0.05) is 66.7 Å². The average Bonchev–Trinajstić information content (AvgIpc) is 3.57. The van der Waals surface area contributed by atoms with E-state index in [0.29, 0.717) is 71.2 Å². The number of anilines is 4. The number of carboxylic acids is 2. The minimum atomic E-state index is -1.07. The minimum Gasteiger partial charge on any atom is -0.481 e. The Balaban J connectivity index is 0.000000209. The lowest BCUT2D eigenvalue weighted by Gasteiger charge is -2.24. The Bertz CT molecular complexity index is 2920. The Morgan fingerprint density at radius 2 is 1.11 bits per heavy atom. The number of benzene rings is 5. The summed E-state index contributed by atoms with van der Waals surface area (Å²) < 4.78 is 0. The lowest BCUT2D eigenvalue weighted by molar-refractivity contribution is -0.141. The molecule has 3 heterocycles. The molecule has 364 valence electrons. The summed E-state index contributed by atoms with van der Waals surface area (Å²) in [7, 11) is 0. The van der Waals surface area contributed by atoms with E-state index in [4.69, 9.17) is 16.9 Å². The SMILES string of the molecule is N=C(N)c1ccc(NC(=O)c2ccc3c(c2)CN(CCc2ccccc2)C(=O)C(CC(=O)O)N3)cc1.Nc1cccc(CNC(=O)c2ccc3c(c2)CN(CCc2ccccc2)C(=O)C(CC(=O)O)N3)n1. The van der Waals surface area contributed by atoms with Crippen molar-refractivity contribution in [3.05, 3.63) is 184 Å². The van der Waals surface area contributed by atoms with Gasteiger partial charge in [0.15, 0.2) is 0 Å². The van der Waals surface area contributed by atoms with Crippen molar-refractivity contribution >= 4 is 64.3 Å². The molecule has 0 spiro atoms. The highest BCUT2D eigenvalue weighted by Crippen LogP contribution is 2.28. The Kier molecular flexibility index (Phi) is 16.4. The van der Waals surface area contributed by atoms with Crippen LogP contribution in [0, 0.1) is 5.41 Å². The molecular formula is C53H54N10O8. The number of amides is 4. The van der Waals surface area contributed by atoms with E-state index >= 15 is 0 Å². The summed E-state index contributed by atoms with van der Waals surface area (Å²) in [6, 6.07) is 39.7. The molecule has 4 amide bonds. The molecule has 2 atom stereocenters. The van der Waals surface area contributed by atoms with Crippen LogP contribution in [0.5, 0.6) is 0 Å². The number of amidine groups is 1. The van der Waals surface area contributed by atoms with Gasteiger partial charge >= 0.3 is 11.9 Å². The van der Waals surface area contributed by atoms with Gasteiger partial charge in [0.05, 0.1) is 25.1 Å². The van der Waals surface area contributed by atoms with E-state index in [-0.39, 0.29) is 61.9 Å². The summed E-state index contributed by atoms with van der Waals surface area (Å²) in [5.41, 5.74) is 18.6. The van der Waals surface area contributed by atoms with Crippen LogP contribution in [0.15, 0.2) is 140 Å². The van der Waals surface area contributed by atoms with Crippen molar-refractivity contribution in [1.82, 2.24) is 20.1 Å². The lowest BCUT2D eigenvalue weighted by atomic mass is 10.1. The number of aliphatic carboxylic acids is 2. The quantitative estimate of drug-likeness (QED) is 0.0429. The number of hydrogen-bond acceptors (Lipinski definition) is 11. The number of nitrogens with one attached hydrogen (secondary N) is 5. The Hall–Kier alpha value is -9.06. The molecule has 18 heteroatoms. The Morgan fingerprint density at radius 1 is 0.634 bits per heavy atom. The molecule has 71 heavy (non-hydrogen) atoms. The first-order valence-electron chi connectivity index (χ1n) is 22.8. The van der Waals surface area contributed by atoms with Crippen molar-refractivity contribution in [2.45, 2.75) is 57.4 Å². The average molecular weight is 959 g/mol. The lowest BCUT2D eigenvalue weighted by Crippen LogP contribution is -2.42. The Morgan fingerprint density at radius 3 is 1.58 bits per heavy atom. The number of fused-ring (bicyclic) bond motifs is 2. The largest absolute Gasteiger partial charge is 0.481 e. The predicted molar refractivity (Wildman–Crippen MR) is 269 cm³/mol. The monoisotopic (exact) mass is 958 g/mol. The van der Waals surface area contributed by atoms with Gasteiger partial charge in [0.25, 0.3) is 11.8 Å². The number of carbonyl (C=O) groups is 6. The van der Waals surface area contributed by atoms with Crippen molar-refractivity contribution in [3.63, 3.8) is 0 Å². The van der Waals surface area contributed by atoms with Gasteiger partial charge < -0.3 is 52.7 Å². The molecule has 1 aromatic heterocycles. The second-order valence-corrected chi connectivity index (χ2v) is 17.0. The van der Waals surface area contributed by atoms with Crippen LogP contribution in [-0.4, -0.2) is 91.6 Å². The van der Waals surface area contributed by atoms with Crippen molar-refractivity contribution in [2.24, 2.45) is 5.73 Å². The molecule has 2 unspecified atom stereocenters. The molecule has 2 aliphatic rings. The molecule has 6 aromatic rings. The molecular weight excluding hydrogens is 905 g/mol. The molecule has 0 fully saturated rings. The number of nitrogens with zero attached hydrogens (tertiary/aromatic N) is 3. The second-order valence-electron chi connectivity index (χ2n) is 17.0. The highest BCUT2D eigenvalue weighted by atomic mass is 16.4. The van der Waals surface area contributed by atoms with Gasteiger partial charge in [-0.15, -0.1) is 0 Å². The standard InChI is InChI=1S/C27H27N5O4.C26H27N5O4/c28-25(29)18-6-9-21(10-7-18)30-26(35)19-8-11-22-20(14-19)16-32(13-12-17-4-2-1-3-5-17)27(36)23(31-22)15-24(33)34;27-23-8-4-7-20(29-23)15-28-25(34)18-9-10-21-19(13-18)16-31(12-11-17-5-2-1-3-6-17)26(35)22(30-21)14-24(32)33/h1-11,14,23,31H,12-13,15-16H2,(H3,28,29)(H,30,35)(H,33,34);1-10,13,22,30H,11-12,14-16H2,(H2,27,29)(H,28,34)(H,32,33). The first kappa shape index (κ1) is 49.8. The van der Waals surface area contributed by atoms with E-state index in [9.17, 15) is 39.0 Å². The molecule has 18 nitrogen and oxygen atoms in total. The maximum absolute atomic E-state index is 13.2. The fraction of sp³-hybridized carbons (Fsp3) is 0.208. The minimum absolute atomic E-state index is 0.0568. The van der Waals surface area contributed by atoms with E-state index in [1.807, 2.05) is 60.7 Å². The molecule has 0 aliphatic carbocycles. The second kappa shape index (κ2) is 23.3. The Labute approximate surface area is 409 Å². The van der Waals surface area contributed by atoms with Crippen LogP contribution in [0.3, 0.4) is 0 Å². The summed E-state index contributed by atoms with van der Waals surface area (Å²) >= 11 is 0. The van der Waals surface area contributed by atoms with Crippen molar-refractivity contribution < 1.29 is 39.0 Å². The molecule has 2 aliphatic heterocycles. The zero-order chi connectivity index (χ0) is 50.4. The van der Waals surface area contributed by atoms with Gasteiger partial charge in [-0.05, 0) is 108 Å². The van der Waals surface area contributed by atoms with Crippen LogP contribution in [0.2, 0.25) is 0 Å². The molecule has 0 saturated heterocycles. The maximum Gasteiger partial charge on any atom is 0.305 e. The third-order valence-corrected chi connectivity index (χ3v) is 11.8. The highest BCUT2D eigenvalue weighted by molar-refractivity contribution is 6.05. The normalized spacial score (nSPS) is 14.9. The third kappa shape index (κ3) is 13.8. The summed E-state index contributed by atoms with van der Waals surface area (Å²) in [4.78, 5) is 82.4. The van der Waals surface area contributed by atoms with Gasteiger partial charge in [-0.3, -0.25) is 34.2 Å². The third-order valence-electron chi connectivity index (χ3n) is 11.8. The van der Waals surface area contributed by atoms with Crippen molar-refractivity contribution in [2.75, 3.05) is 34.8 Å². The fourth-order valence-electron chi connectivity index (χ4n) is 8.15. The summed E-state index contributed by atoms with van der Waals surface area (Å²) in [6.07, 6.45) is 0.571. The van der Waals surface area contributed by atoms with Crippen LogP contribution >= 0.6 is 0 Å². The number of carbonyl (C=O) groups excluding carboxylic acids is 4. The van der Waals surface area contributed by atoms with Gasteiger partial charge in [0.1, 0.15) is 23.7 Å². The van der Waals surface area contributed by atoms with E-state index in [1.54, 1.807) is 88.7 Å². The highest BCUT2D eigenvalue weighted by Gasteiger charge is 2.33. The number of nitrogens with two attached hydrogens (primary N) is 2. The van der Waals surface area contributed by atoms with Crippen LogP contribution in [0.25, 0.3) is 0 Å². The van der Waals surface area contributed by atoms with Gasteiger partial charge in [0.2, 0.25) is 11.8 Å². The maximum atomic E-state index is 13.2. The number of hydrogen-bond donors (Lipinski definition) is 9. The summed E-state index contributed by atoms with van der Waals surface area (Å²) in [5, 5.41) is 37.9. The van der Waals surface area contributed by atoms with E-state index in [0.717, 1.165) is 22.3 Å². The topological polar surface area (TPSA) is 286 Å². The zero-order valence-electron chi connectivity index (χ0n) is 38.6. The summed E-state index contributed by atoms with van der Waals surface area (Å²) in [5.74, 6) is -3.00. The molecule has 0 bridgehead atoms. The van der Waals surface area contributed by atoms with Crippen LogP contribution in [-0.2, 0) is 51.7 Å². The van der Waals surface area contributed by atoms with Crippen molar-refractivity contribution in [3.8, 4) is 0 Å². The number of nitrogen functional groups attached to an aromatic ring is 2.